The third-order valence-electron chi connectivity index (χ3n) is 1.60. The van der Waals surface area contributed by atoms with E-state index in [1.54, 1.807) is 6.92 Å². The van der Waals surface area contributed by atoms with E-state index < -0.39 is 11.9 Å². The van der Waals surface area contributed by atoms with Gasteiger partial charge < -0.3 is 15.6 Å². The first-order valence-corrected chi connectivity index (χ1v) is 3.13. The molecule has 9 heavy (non-hydrogen) atoms. The van der Waals surface area contributed by atoms with E-state index in [2.05, 4.69) is 5.73 Å². The zero-order valence-electron chi connectivity index (χ0n) is 5.89. The van der Waals surface area contributed by atoms with E-state index in [-0.39, 0.29) is 6.04 Å². The first kappa shape index (κ1) is 8.43. The van der Waals surface area contributed by atoms with Crippen molar-refractivity contribution in [1.29, 1.82) is 0 Å². The minimum atomic E-state index is -1.00. The molecule has 0 fully saturated rings. The van der Waals surface area contributed by atoms with Crippen molar-refractivity contribution in [3.63, 3.8) is 0 Å². The first-order valence-electron chi connectivity index (χ1n) is 3.13. The number of rotatable bonds is 3. The van der Waals surface area contributed by atoms with Gasteiger partial charge in [-0.3, -0.25) is 0 Å². The molecule has 0 spiro atoms. The Morgan fingerprint density at radius 3 is 2.33 bits per heavy atom. The molecule has 0 aliphatic heterocycles. The van der Waals surface area contributed by atoms with Gasteiger partial charge in [0.2, 0.25) is 0 Å². The van der Waals surface area contributed by atoms with Crippen LogP contribution in [0.5, 0.6) is 0 Å². The molecular weight excluding hydrogens is 118 g/mol. The fraction of sp³-hybridized carbons (Fsp3) is 0.833. The van der Waals surface area contributed by atoms with Gasteiger partial charge in [-0.1, -0.05) is 13.8 Å². The van der Waals surface area contributed by atoms with Crippen LogP contribution in [0.4, 0.5) is 0 Å². The Labute approximate surface area is 54.9 Å². The molecular formula is C6H13NO2. The van der Waals surface area contributed by atoms with Crippen molar-refractivity contribution in [2.24, 2.45) is 5.92 Å². The van der Waals surface area contributed by atoms with Gasteiger partial charge in [-0.15, -0.1) is 0 Å². The largest absolute Gasteiger partial charge is 0.550 e. The molecule has 0 bridgehead atoms. The molecule has 0 heterocycles. The van der Waals surface area contributed by atoms with Crippen LogP contribution in [0.25, 0.3) is 0 Å². The Bertz CT molecular complexity index is 103. The third-order valence-corrected chi connectivity index (χ3v) is 1.60. The molecule has 0 saturated heterocycles. The molecule has 0 aromatic heterocycles. The van der Waals surface area contributed by atoms with Gasteiger partial charge in [0.25, 0.3) is 0 Å². The van der Waals surface area contributed by atoms with Gasteiger partial charge in [-0.2, -0.15) is 0 Å². The zero-order valence-corrected chi connectivity index (χ0v) is 5.89. The predicted octanol–water partition coefficient (Wildman–Crippen LogP) is -1.61. The number of quaternary nitrogens is 1. The number of carbonyl (C=O) groups excluding carboxylic acids is 1. The molecule has 2 atom stereocenters. The average molecular weight is 131 g/mol. The number of hydrogen-bond donors (Lipinski definition) is 1. The SMILES string of the molecule is CC[C@@H]([NH3+])[C@@H](C)C(=O)[O-]. The van der Waals surface area contributed by atoms with Gasteiger partial charge in [0.1, 0.15) is 0 Å². The van der Waals surface area contributed by atoms with E-state index in [0.29, 0.717) is 0 Å². The fourth-order valence-corrected chi connectivity index (χ4v) is 0.546. The summed E-state index contributed by atoms with van der Waals surface area (Å²) in [6.45, 7) is 3.54. The number of carboxylic acids is 1. The lowest BCUT2D eigenvalue weighted by atomic mass is 10.0. The maximum atomic E-state index is 10.1. The molecule has 0 saturated carbocycles. The Morgan fingerprint density at radius 2 is 2.22 bits per heavy atom. The Hall–Kier alpha value is -0.570. The minimum absolute atomic E-state index is 0.0185. The summed E-state index contributed by atoms with van der Waals surface area (Å²) in [5, 5.41) is 10.1. The molecule has 0 radical (unpaired) electrons. The maximum Gasteiger partial charge on any atom is 0.0919 e. The highest BCUT2D eigenvalue weighted by Gasteiger charge is 2.13. The third kappa shape index (κ3) is 2.46. The number of carboxylic acid groups (broad SMARTS) is 1. The molecule has 0 rings (SSSR count). The highest BCUT2D eigenvalue weighted by molar-refractivity contribution is 5.67. The van der Waals surface area contributed by atoms with Crippen LogP contribution >= 0.6 is 0 Å². The monoisotopic (exact) mass is 131 g/mol. The van der Waals surface area contributed by atoms with Crippen molar-refractivity contribution >= 4 is 5.97 Å². The zero-order chi connectivity index (χ0) is 7.44. The second-order valence-corrected chi connectivity index (χ2v) is 2.28. The van der Waals surface area contributed by atoms with Crippen molar-refractivity contribution in [2.45, 2.75) is 26.3 Å². The van der Waals surface area contributed by atoms with Crippen molar-refractivity contribution in [2.75, 3.05) is 0 Å². The average Bonchev–Trinajstić information content (AvgIpc) is 1.84. The summed E-state index contributed by atoms with van der Waals surface area (Å²) >= 11 is 0. The van der Waals surface area contributed by atoms with Crippen molar-refractivity contribution in [3.05, 3.63) is 0 Å². The summed E-state index contributed by atoms with van der Waals surface area (Å²) in [6.07, 6.45) is 0.787. The lowest BCUT2D eigenvalue weighted by molar-refractivity contribution is -0.436. The molecule has 0 aromatic carbocycles. The van der Waals surface area contributed by atoms with Crippen molar-refractivity contribution < 1.29 is 15.6 Å². The van der Waals surface area contributed by atoms with Crippen LogP contribution in [0.2, 0.25) is 0 Å². The molecule has 0 aliphatic carbocycles. The second kappa shape index (κ2) is 3.45. The molecule has 54 valence electrons. The lowest BCUT2D eigenvalue weighted by Crippen LogP contribution is -2.66. The van der Waals surface area contributed by atoms with E-state index in [0.717, 1.165) is 6.42 Å². The van der Waals surface area contributed by atoms with Crippen LogP contribution in [-0.4, -0.2) is 12.0 Å². The minimum Gasteiger partial charge on any atom is -0.550 e. The second-order valence-electron chi connectivity index (χ2n) is 2.28. The number of carbonyl (C=O) groups is 1. The van der Waals surface area contributed by atoms with Crippen LogP contribution in [0.1, 0.15) is 20.3 Å². The molecule has 0 amide bonds. The van der Waals surface area contributed by atoms with Gasteiger partial charge >= 0.3 is 0 Å². The van der Waals surface area contributed by atoms with Crippen LogP contribution in [-0.2, 0) is 4.79 Å². The van der Waals surface area contributed by atoms with Crippen LogP contribution in [0.3, 0.4) is 0 Å². The summed E-state index contributed by atoms with van der Waals surface area (Å²) in [7, 11) is 0. The van der Waals surface area contributed by atoms with Crippen molar-refractivity contribution in [1.82, 2.24) is 0 Å². The van der Waals surface area contributed by atoms with E-state index >= 15 is 0 Å². The highest BCUT2D eigenvalue weighted by atomic mass is 16.4. The maximum absolute atomic E-state index is 10.1. The summed E-state index contributed by atoms with van der Waals surface area (Å²) in [4.78, 5) is 10.1. The van der Waals surface area contributed by atoms with Crippen LogP contribution < -0.4 is 10.8 Å². The summed E-state index contributed by atoms with van der Waals surface area (Å²) in [5.74, 6) is -1.42. The normalized spacial score (nSPS) is 16.8. The Kier molecular flexibility index (Phi) is 3.24. The number of aliphatic carboxylic acids is 1. The standard InChI is InChI=1S/C6H13NO2/c1-3-5(7)4(2)6(8)9/h4-5H,3,7H2,1-2H3,(H,8,9)/t4-,5-/m1/s1. The van der Waals surface area contributed by atoms with Crippen LogP contribution in [0.15, 0.2) is 0 Å². The van der Waals surface area contributed by atoms with E-state index in [4.69, 9.17) is 0 Å². The van der Waals surface area contributed by atoms with Gasteiger partial charge in [0, 0.05) is 5.92 Å². The molecule has 0 unspecified atom stereocenters. The summed E-state index contributed by atoms with van der Waals surface area (Å²) < 4.78 is 0. The van der Waals surface area contributed by atoms with Gasteiger partial charge in [-0.25, -0.2) is 0 Å². The van der Waals surface area contributed by atoms with Gasteiger partial charge in [0.15, 0.2) is 0 Å². The quantitative estimate of drug-likeness (QED) is 0.501. The van der Waals surface area contributed by atoms with Crippen LogP contribution in [0, 0.1) is 5.92 Å². The molecule has 0 aliphatic rings. The van der Waals surface area contributed by atoms with E-state index in [1.165, 1.54) is 0 Å². The smallest absolute Gasteiger partial charge is 0.0919 e. The van der Waals surface area contributed by atoms with Gasteiger partial charge in [0.05, 0.1) is 12.0 Å². The topological polar surface area (TPSA) is 67.8 Å². The fourth-order valence-electron chi connectivity index (χ4n) is 0.546. The molecule has 3 nitrogen and oxygen atoms in total. The summed E-state index contributed by atoms with van der Waals surface area (Å²) in [5.41, 5.74) is 3.66. The molecule has 3 heteroatoms. The molecule has 3 N–H and O–H groups in total. The number of hydrogen-bond acceptors (Lipinski definition) is 2. The predicted molar refractivity (Wildman–Crippen MR) is 31.1 cm³/mol. The Balaban J connectivity index is 3.72. The lowest BCUT2D eigenvalue weighted by Gasteiger charge is -2.15. The van der Waals surface area contributed by atoms with E-state index in [9.17, 15) is 9.90 Å². The highest BCUT2D eigenvalue weighted by Crippen LogP contribution is 1.99. The Morgan fingerprint density at radius 1 is 1.78 bits per heavy atom. The van der Waals surface area contributed by atoms with Crippen molar-refractivity contribution in [3.8, 4) is 0 Å². The first-order chi connectivity index (χ1) is 4.09. The summed E-state index contributed by atoms with van der Waals surface area (Å²) in [6, 6.07) is -0.0185. The van der Waals surface area contributed by atoms with E-state index in [1.807, 2.05) is 6.92 Å². The molecule has 0 aromatic rings. The van der Waals surface area contributed by atoms with Gasteiger partial charge in [-0.05, 0) is 6.42 Å².